The van der Waals surface area contributed by atoms with E-state index >= 15 is 0 Å². The maximum Gasteiger partial charge on any atom is 0.470 e. The van der Waals surface area contributed by atoms with E-state index in [1.807, 2.05) is 0 Å². The third-order valence-electron chi connectivity index (χ3n) is 14.9. The minimum atomic E-state index is -5.43. The number of carbonyl (C=O) groups is 3. The van der Waals surface area contributed by atoms with E-state index in [1.54, 1.807) is 0 Å². The molecule has 13 N–H and O–H groups in total. The molecule has 85 heavy (non-hydrogen) atoms. The highest BCUT2D eigenvalue weighted by molar-refractivity contribution is 7.46. The summed E-state index contributed by atoms with van der Waals surface area (Å²) in [6.07, 6.45) is 7.79. The van der Waals surface area contributed by atoms with E-state index < -0.39 is 160 Å². The molecular weight excluding hydrogens is 1180 g/mol. The van der Waals surface area contributed by atoms with Crippen LogP contribution < -0.4 is 10.6 Å². The lowest BCUT2D eigenvalue weighted by Gasteiger charge is -2.45. The number of phosphoric acid groups is 3. The van der Waals surface area contributed by atoms with Crippen molar-refractivity contribution in [2.45, 2.75) is 306 Å². The number of ether oxygens (including phenoxy) is 5. The number of phosphoric ester groups is 3. The summed E-state index contributed by atoms with van der Waals surface area (Å²) in [5.74, 6) is -2.19. The maximum absolute atomic E-state index is 14.1. The van der Waals surface area contributed by atoms with Crippen molar-refractivity contribution in [2.24, 2.45) is 0 Å². The molecule has 2 amide bonds. The molecule has 0 aromatic rings. The lowest BCUT2D eigenvalue weighted by molar-refractivity contribution is -0.304. The van der Waals surface area contributed by atoms with Crippen LogP contribution in [0.5, 0.6) is 0 Å². The third-order valence-corrected chi connectivity index (χ3v) is 16.5. The predicted molar refractivity (Wildman–Crippen MR) is 311 cm³/mol. The predicted octanol–water partition coefficient (Wildman–Crippen LogP) is 6.39. The maximum atomic E-state index is 14.1. The van der Waals surface area contributed by atoms with E-state index in [0.29, 0.717) is 25.7 Å². The quantitative estimate of drug-likeness (QED) is 0.0178. The molecule has 27 nitrogen and oxygen atoms in total. The van der Waals surface area contributed by atoms with Crippen molar-refractivity contribution in [1.82, 2.24) is 10.6 Å². The Balaban J connectivity index is 2.37. The van der Waals surface area contributed by atoms with Crippen LogP contribution in [0.4, 0.5) is 0 Å². The zero-order valence-corrected chi connectivity index (χ0v) is 53.1. The Morgan fingerprint density at radius 2 is 0.953 bits per heavy atom. The molecule has 0 spiro atoms. The summed E-state index contributed by atoms with van der Waals surface area (Å²) in [7, 11) is -16.1. The van der Waals surface area contributed by atoms with Crippen LogP contribution in [-0.4, -0.2) is 179 Å². The molecule has 0 radical (unpaired) electrons. The molecule has 502 valence electrons. The first kappa shape index (κ1) is 79.5. The molecule has 0 aliphatic carbocycles. The molecule has 2 aliphatic heterocycles. The smallest absolute Gasteiger partial charge is 0.462 e. The highest BCUT2D eigenvalue weighted by Crippen LogP contribution is 2.43. The van der Waals surface area contributed by atoms with Gasteiger partial charge in [0.05, 0.1) is 45.4 Å². The number of aliphatic hydroxyl groups excluding tert-OH is 5. The molecule has 30 heteroatoms. The van der Waals surface area contributed by atoms with Crippen LogP contribution in [0, 0.1) is 0 Å². The minimum absolute atomic E-state index is 0.124. The lowest BCUT2D eigenvalue weighted by Crippen LogP contribution is -2.67. The molecule has 0 aromatic heterocycles. The van der Waals surface area contributed by atoms with Gasteiger partial charge in [-0.05, 0) is 25.7 Å². The molecule has 2 heterocycles. The average Bonchev–Trinajstić information content (AvgIpc) is 3.03. The molecule has 2 fully saturated rings. The van der Waals surface area contributed by atoms with Crippen LogP contribution >= 0.6 is 23.5 Å². The number of nitrogens with one attached hydrogen (secondary N) is 2. The summed E-state index contributed by atoms with van der Waals surface area (Å²) in [5.41, 5.74) is 0. The second kappa shape index (κ2) is 44.8. The normalized spacial score (nSPS) is 24.2. The fraction of sp³-hybridized carbons (Fsp3) is 0.945. The number of hydrogen-bond acceptors (Lipinski definition) is 19. The van der Waals surface area contributed by atoms with Crippen molar-refractivity contribution >= 4 is 41.3 Å². The standard InChI is InChI=1S/C55H107N2O25P3/c1-4-7-10-13-16-19-22-25-28-31-40(59)34-45(60)56-48-51(64)50(63)44(80-54(48)75-37-42(81-84(69,70)71)38-77-83(66,67)68)39-76-55-49(52(65)53(43(36-58)79-55)82-85(72,73)74)57-46(61)35-41(32-29-26-23-20-17-14-11-8-5-2)78-47(62)33-30-27-24-21-18-15-12-9-6-3/h40-44,48-55,58-59,63-65H,4-39H2,1-3H3,(H,56,60)(H,57,61)(H2,66,67,68)(H2,69,70,71)(H2,72,73,74)/t40-,41-,42?,43?,44?,48?,49?,50?,51?,52?,53?,54?,55?/m1/s1. The monoisotopic (exact) mass is 1290 g/mol. The number of hydrogen-bond donors (Lipinski definition) is 13. The molecule has 2 aliphatic rings. The zero-order chi connectivity index (χ0) is 63.3. The van der Waals surface area contributed by atoms with E-state index in [-0.39, 0.29) is 12.8 Å². The molecular formula is C55H107N2O25P3. The number of rotatable bonds is 51. The fourth-order valence-corrected chi connectivity index (χ4v) is 11.8. The van der Waals surface area contributed by atoms with Crippen LogP contribution in [-0.2, 0) is 65.3 Å². The first-order valence-electron chi connectivity index (χ1n) is 31.1. The second-order valence-corrected chi connectivity index (χ2v) is 26.3. The van der Waals surface area contributed by atoms with E-state index in [4.69, 9.17) is 28.2 Å². The van der Waals surface area contributed by atoms with Gasteiger partial charge in [-0.25, -0.2) is 13.7 Å². The van der Waals surface area contributed by atoms with Gasteiger partial charge in [-0.15, -0.1) is 0 Å². The van der Waals surface area contributed by atoms with Crippen LogP contribution in [0.1, 0.15) is 226 Å². The van der Waals surface area contributed by atoms with Crippen LogP contribution in [0.25, 0.3) is 0 Å². The lowest BCUT2D eigenvalue weighted by atomic mass is 9.95. The topological polar surface area (TPSA) is 423 Å². The first-order chi connectivity index (χ1) is 40.3. The number of aliphatic hydroxyl groups is 5. The van der Waals surface area contributed by atoms with Crippen LogP contribution in [0.3, 0.4) is 0 Å². The largest absolute Gasteiger partial charge is 0.470 e. The fourth-order valence-electron chi connectivity index (χ4n) is 10.3. The van der Waals surface area contributed by atoms with Crippen LogP contribution in [0.15, 0.2) is 0 Å². The highest BCUT2D eigenvalue weighted by atomic mass is 31.2. The summed E-state index contributed by atoms with van der Waals surface area (Å²) in [4.78, 5) is 98.0. The zero-order valence-electron chi connectivity index (χ0n) is 50.4. The molecule has 2 rings (SSSR count). The van der Waals surface area contributed by atoms with Crippen molar-refractivity contribution in [1.29, 1.82) is 0 Å². The van der Waals surface area contributed by atoms with Crippen molar-refractivity contribution in [2.75, 3.05) is 26.4 Å². The van der Waals surface area contributed by atoms with Gasteiger partial charge >= 0.3 is 29.4 Å². The Kier molecular flexibility index (Phi) is 41.9. The van der Waals surface area contributed by atoms with E-state index in [0.717, 1.165) is 116 Å². The van der Waals surface area contributed by atoms with Gasteiger partial charge in [0.15, 0.2) is 12.6 Å². The highest BCUT2D eigenvalue weighted by Gasteiger charge is 2.51. The summed E-state index contributed by atoms with van der Waals surface area (Å²) in [5, 5.41) is 60.8. The van der Waals surface area contributed by atoms with Gasteiger partial charge < -0.3 is 89.2 Å². The second-order valence-electron chi connectivity index (χ2n) is 22.6. The Labute approximate surface area is 502 Å². The molecule has 0 bridgehead atoms. The van der Waals surface area contributed by atoms with E-state index in [9.17, 15) is 83.0 Å². The van der Waals surface area contributed by atoms with Gasteiger partial charge in [0.25, 0.3) is 0 Å². The number of amides is 2. The Morgan fingerprint density at radius 3 is 1.44 bits per heavy atom. The molecule has 13 atom stereocenters. The number of esters is 1. The summed E-state index contributed by atoms with van der Waals surface area (Å²) in [6, 6.07) is -3.52. The van der Waals surface area contributed by atoms with Gasteiger partial charge in [0, 0.05) is 6.42 Å². The van der Waals surface area contributed by atoms with Gasteiger partial charge in [0.1, 0.15) is 60.9 Å². The van der Waals surface area contributed by atoms with Gasteiger partial charge in [-0.1, -0.05) is 181 Å². The van der Waals surface area contributed by atoms with Crippen LogP contribution in [0.2, 0.25) is 0 Å². The molecule has 0 saturated carbocycles. The van der Waals surface area contributed by atoms with E-state index in [2.05, 4.69) is 40.5 Å². The average molecular weight is 1290 g/mol. The Bertz CT molecular complexity index is 1930. The third kappa shape index (κ3) is 37.3. The minimum Gasteiger partial charge on any atom is -0.462 e. The summed E-state index contributed by atoms with van der Waals surface area (Å²) in [6.45, 7) is 2.36. The molecule has 0 aromatic carbocycles. The SMILES string of the molecule is CCCCCCCCCCCC(=O)O[C@H](CCCCCCCCCCC)CC(=O)NC1C(OCC2OC(OCC(COP(=O)(O)O)OP(=O)(O)O)C(NC(=O)C[C@H](O)CCCCCCCCCCC)C(O)C2O)OC(CO)C(OP(=O)(O)O)C1O. The van der Waals surface area contributed by atoms with Crippen molar-refractivity contribution in [3.8, 4) is 0 Å². The van der Waals surface area contributed by atoms with Crippen molar-refractivity contribution < 1.29 is 120 Å². The number of unbranched alkanes of at least 4 members (excludes halogenated alkanes) is 24. The van der Waals surface area contributed by atoms with E-state index in [1.165, 1.54) is 38.5 Å². The number of carbonyl (C=O) groups excluding carboxylic acids is 3. The molecule has 11 unspecified atom stereocenters. The van der Waals surface area contributed by atoms with Gasteiger partial charge in [0.2, 0.25) is 11.8 Å². The van der Waals surface area contributed by atoms with Crippen molar-refractivity contribution in [3.63, 3.8) is 0 Å². The summed E-state index contributed by atoms with van der Waals surface area (Å²) >= 11 is 0. The van der Waals surface area contributed by atoms with Gasteiger partial charge in [-0.2, -0.15) is 0 Å². The molecule has 2 saturated heterocycles. The van der Waals surface area contributed by atoms with Gasteiger partial charge in [-0.3, -0.25) is 28.0 Å². The Hall–Kier alpha value is -1.62. The first-order valence-corrected chi connectivity index (χ1v) is 35.7. The Morgan fingerprint density at radius 1 is 0.506 bits per heavy atom. The summed E-state index contributed by atoms with van der Waals surface area (Å²) < 4.78 is 78.6. The van der Waals surface area contributed by atoms with Crippen molar-refractivity contribution in [3.05, 3.63) is 0 Å².